The molecule has 1 amide bonds. The van der Waals surface area contributed by atoms with E-state index in [1.807, 2.05) is 19.1 Å². The molecule has 3 aliphatic rings. The van der Waals surface area contributed by atoms with Gasteiger partial charge in [-0.2, -0.15) is 5.10 Å². The van der Waals surface area contributed by atoms with Crippen LogP contribution in [0.15, 0.2) is 47.6 Å². The number of para-hydroxylation sites is 1. The van der Waals surface area contributed by atoms with Crippen molar-refractivity contribution in [2.75, 3.05) is 26.8 Å². The third-order valence-electron chi connectivity index (χ3n) is 6.66. The molecule has 0 saturated carbocycles. The number of likely N-dealkylation sites (tertiary alicyclic amines) is 1. The van der Waals surface area contributed by atoms with E-state index >= 15 is 0 Å². The third kappa shape index (κ3) is 3.36. The monoisotopic (exact) mass is 435 g/mol. The number of hydrazone groups is 1. The largest absolute Gasteiger partial charge is 0.493 e. The van der Waals surface area contributed by atoms with Gasteiger partial charge in [0.25, 0.3) is 0 Å². The van der Waals surface area contributed by atoms with Gasteiger partial charge in [0.05, 0.1) is 25.5 Å². The topological polar surface area (TPSA) is 63.6 Å². The first-order valence-corrected chi connectivity index (χ1v) is 11.3. The van der Waals surface area contributed by atoms with Gasteiger partial charge in [-0.15, -0.1) is 0 Å². The number of amides is 1. The highest BCUT2D eigenvalue weighted by Gasteiger charge is 2.53. The number of rotatable bonds is 3. The zero-order valence-corrected chi connectivity index (χ0v) is 18.8. The molecule has 32 heavy (non-hydrogen) atoms. The summed E-state index contributed by atoms with van der Waals surface area (Å²) in [6, 6.07) is 14.6. The quantitative estimate of drug-likeness (QED) is 0.711. The third-order valence-corrected chi connectivity index (χ3v) is 6.66. The molecule has 0 N–H and O–H groups in total. The summed E-state index contributed by atoms with van der Waals surface area (Å²) in [5.74, 6) is 1.53. The molecule has 3 heterocycles. The molecule has 5 rings (SSSR count). The van der Waals surface area contributed by atoms with Crippen LogP contribution in [0.25, 0.3) is 0 Å². The predicted octanol–water partition coefficient (Wildman–Crippen LogP) is 4.50. The molecular formula is C25H29N3O4. The number of fused-ring (bicyclic) bond motifs is 4. The SMILES string of the molecule is CCOC(=O)N1CCC2(CC1)Oc1c(OC)cccc1C1CC(c3ccc(C)cc3)=NN12. The van der Waals surface area contributed by atoms with Crippen molar-refractivity contribution in [2.24, 2.45) is 5.10 Å². The zero-order chi connectivity index (χ0) is 22.3. The van der Waals surface area contributed by atoms with E-state index < -0.39 is 5.72 Å². The van der Waals surface area contributed by atoms with E-state index in [1.54, 1.807) is 12.0 Å². The molecule has 2 aromatic carbocycles. The molecule has 7 heteroatoms. The molecule has 1 saturated heterocycles. The van der Waals surface area contributed by atoms with Crippen LogP contribution in [0.1, 0.15) is 48.9 Å². The maximum atomic E-state index is 12.3. The summed E-state index contributed by atoms with van der Waals surface area (Å²) < 4.78 is 17.6. The number of aryl methyl sites for hydroxylation is 1. The summed E-state index contributed by atoms with van der Waals surface area (Å²) in [6.45, 7) is 5.41. The Balaban J connectivity index is 1.51. The molecule has 0 radical (unpaired) electrons. The Morgan fingerprint density at radius 2 is 1.94 bits per heavy atom. The lowest BCUT2D eigenvalue weighted by atomic mass is 9.90. The highest BCUT2D eigenvalue weighted by atomic mass is 16.6. The number of carbonyl (C=O) groups excluding carboxylic acids is 1. The van der Waals surface area contributed by atoms with Crippen LogP contribution < -0.4 is 9.47 Å². The Labute approximate surface area is 188 Å². The van der Waals surface area contributed by atoms with Crippen LogP contribution in [0.3, 0.4) is 0 Å². The fourth-order valence-corrected chi connectivity index (χ4v) is 4.94. The van der Waals surface area contributed by atoms with Crippen LogP contribution in [0, 0.1) is 6.92 Å². The van der Waals surface area contributed by atoms with Crippen molar-refractivity contribution < 1.29 is 19.0 Å². The van der Waals surface area contributed by atoms with Gasteiger partial charge in [-0.05, 0) is 25.5 Å². The zero-order valence-electron chi connectivity index (χ0n) is 18.8. The number of hydrogen-bond acceptors (Lipinski definition) is 6. The molecule has 1 atom stereocenters. The Bertz CT molecular complexity index is 1040. The average Bonchev–Trinajstić information content (AvgIpc) is 3.27. The lowest BCUT2D eigenvalue weighted by molar-refractivity contribution is -0.148. The number of nitrogens with zero attached hydrogens (tertiary/aromatic N) is 3. The highest BCUT2D eigenvalue weighted by Crippen LogP contribution is 2.52. The van der Waals surface area contributed by atoms with Gasteiger partial charge in [0, 0.05) is 37.9 Å². The van der Waals surface area contributed by atoms with Crippen molar-refractivity contribution in [3.63, 3.8) is 0 Å². The lowest BCUT2D eigenvalue weighted by Crippen LogP contribution is -2.59. The first kappa shape index (κ1) is 20.7. The van der Waals surface area contributed by atoms with Gasteiger partial charge in [0.15, 0.2) is 11.5 Å². The maximum absolute atomic E-state index is 12.3. The van der Waals surface area contributed by atoms with Crippen LogP contribution in [0.4, 0.5) is 4.79 Å². The summed E-state index contributed by atoms with van der Waals surface area (Å²) in [7, 11) is 1.67. The fourth-order valence-electron chi connectivity index (χ4n) is 4.94. The van der Waals surface area contributed by atoms with E-state index in [0.29, 0.717) is 32.5 Å². The Morgan fingerprint density at radius 3 is 2.62 bits per heavy atom. The molecule has 3 aliphatic heterocycles. The molecular weight excluding hydrogens is 406 g/mol. The Morgan fingerprint density at radius 1 is 1.19 bits per heavy atom. The number of benzene rings is 2. The second kappa shape index (κ2) is 8.04. The van der Waals surface area contributed by atoms with Gasteiger partial charge < -0.3 is 19.1 Å². The molecule has 0 aliphatic carbocycles. The van der Waals surface area contributed by atoms with Gasteiger partial charge in [0.2, 0.25) is 5.72 Å². The number of ether oxygens (including phenoxy) is 3. The molecule has 0 bridgehead atoms. The summed E-state index contributed by atoms with van der Waals surface area (Å²) in [4.78, 5) is 14.0. The van der Waals surface area contributed by atoms with Gasteiger partial charge in [-0.25, -0.2) is 9.80 Å². The summed E-state index contributed by atoms with van der Waals surface area (Å²) in [6.07, 6.45) is 1.82. The number of carbonyl (C=O) groups is 1. The van der Waals surface area contributed by atoms with Crippen LogP contribution in [-0.2, 0) is 4.74 Å². The summed E-state index contributed by atoms with van der Waals surface area (Å²) in [5, 5.41) is 7.24. The van der Waals surface area contributed by atoms with Crippen LogP contribution in [0.2, 0.25) is 0 Å². The lowest BCUT2D eigenvalue weighted by Gasteiger charge is -2.51. The maximum Gasteiger partial charge on any atom is 0.409 e. The van der Waals surface area contributed by atoms with Crippen molar-refractivity contribution >= 4 is 11.8 Å². The smallest absolute Gasteiger partial charge is 0.409 e. The van der Waals surface area contributed by atoms with E-state index in [1.165, 1.54) is 5.56 Å². The number of hydrogen-bond donors (Lipinski definition) is 0. The normalized spacial score (nSPS) is 20.8. The first-order chi connectivity index (χ1) is 15.5. The van der Waals surface area contributed by atoms with E-state index in [2.05, 4.69) is 42.3 Å². The second-order valence-electron chi connectivity index (χ2n) is 8.59. The average molecular weight is 436 g/mol. The van der Waals surface area contributed by atoms with Crippen LogP contribution >= 0.6 is 0 Å². The van der Waals surface area contributed by atoms with Gasteiger partial charge in [0.1, 0.15) is 0 Å². The standard InChI is InChI=1S/C25H29N3O4/c1-4-31-24(29)27-14-12-25(13-15-27)28-21(19-6-5-7-22(30-3)23(19)32-25)16-20(26-28)18-10-8-17(2)9-11-18/h5-11,21H,4,12-16H2,1-3H3. The van der Waals surface area contributed by atoms with Gasteiger partial charge >= 0.3 is 6.09 Å². The minimum Gasteiger partial charge on any atom is -0.493 e. The fraction of sp³-hybridized carbons (Fsp3) is 0.440. The van der Waals surface area contributed by atoms with E-state index in [-0.39, 0.29) is 12.1 Å². The van der Waals surface area contributed by atoms with Crippen LogP contribution in [-0.4, -0.2) is 54.2 Å². The molecule has 1 spiro atoms. The van der Waals surface area contributed by atoms with E-state index in [9.17, 15) is 4.79 Å². The van der Waals surface area contributed by atoms with E-state index in [4.69, 9.17) is 19.3 Å². The highest BCUT2D eigenvalue weighted by molar-refractivity contribution is 6.02. The van der Waals surface area contributed by atoms with Gasteiger partial charge in [-0.1, -0.05) is 42.0 Å². The molecule has 168 valence electrons. The molecule has 1 fully saturated rings. The van der Waals surface area contributed by atoms with Crippen molar-refractivity contribution in [1.82, 2.24) is 9.91 Å². The van der Waals surface area contributed by atoms with E-state index in [0.717, 1.165) is 34.8 Å². The number of methoxy groups -OCH3 is 1. The molecule has 0 aromatic heterocycles. The predicted molar refractivity (Wildman–Crippen MR) is 121 cm³/mol. The molecule has 1 unspecified atom stereocenters. The first-order valence-electron chi connectivity index (χ1n) is 11.3. The minimum atomic E-state index is -0.623. The Hall–Kier alpha value is -3.22. The van der Waals surface area contributed by atoms with Crippen molar-refractivity contribution in [3.8, 4) is 11.5 Å². The summed E-state index contributed by atoms with van der Waals surface area (Å²) >= 11 is 0. The van der Waals surface area contributed by atoms with Gasteiger partial charge in [-0.3, -0.25) is 0 Å². The number of piperidine rings is 1. The van der Waals surface area contributed by atoms with Crippen molar-refractivity contribution in [3.05, 3.63) is 59.2 Å². The second-order valence-corrected chi connectivity index (χ2v) is 8.59. The summed E-state index contributed by atoms with van der Waals surface area (Å²) in [5.41, 5.74) is 3.89. The van der Waals surface area contributed by atoms with Crippen molar-refractivity contribution in [1.29, 1.82) is 0 Å². The Kier molecular flexibility index (Phi) is 5.19. The minimum absolute atomic E-state index is 0.0688. The van der Waals surface area contributed by atoms with Crippen LogP contribution in [0.5, 0.6) is 11.5 Å². The molecule has 2 aromatic rings. The molecule has 7 nitrogen and oxygen atoms in total. The van der Waals surface area contributed by atoms with Crippen molar-refractivity contribution in [2.45, 2.75) is 44.9 Å².